The predicted molar refractivity (Wildman–Crippen MR) is 89.0 cm³/mol. The van der Waals surface area contributed by atoms with E-state index in [-0.39, 0.29) is 6.61 Å². The first kappa shape index (κ1) is 15.7. The molecule has 0 aliphatic rings. The number of aliphatic hydroxyl groups excluding tert-OH is 1. The van der Waals surface area contributed by atoms with Crippen molar-refractivity contribution in [3.05, 3.63) is 53.6 Å². The van der Waals surface area contributed by atoms with Crippen LogP contribution in [0.4, 0.5) is 5.69 Å². The van der Waals surface area contributed by atoms with Crippen molar-refractivity contribution < 1.29 is 9.84 Å². The number of aliphatic hydroxyl groups is 1. The number of aryl methyl sites for hydroxylation is 2. The van der Waals surface area contributed by atoms with E-state index in [4.69, 9.17) is 10.5 Å². The number of nitrogen functional groups attached to an aromatic ring is 1. The van der Waals surface area contributed by atoms with E-state index >= 15 is 0 Å². The van der Waals surface area contributed by atoms with Crippen molar-refractivity contribution in [2.75, 3.05) is 18.1 Å². The lowest BCUT2D eigenvalue weighted by Gasteiger charge is -2.13. The summed E-state index contributed by atoms with van der Waals surface area (Å²) in [6.45, 7) is 4.44. The van der Waals surface area contributed by atoms with Crippen LogP contribution in [-0.4, -0.2) is 23.6 Å². The van der Waals surface area contributed by atoms with E-state index < -0.39 is 6.10 Å². The highest BCUT2D eigenvalue weighted by Gasteiger charge is 2.08. The van der Waals surface area contributed by atoms with Crippen LogP contribution in [0, 0.1) is 13.8 Å². The fourth-order valence-electron chi connectivity index (χ4n) is 1.85. The van der Waals surface area contributed by atoms with E-state index in [0.29, 0.717) is 11.4 Å². The number of ether oxygens (including phenoxy) is 1. The van der Waals surface area contributed by atoms with Gasteiger partial charge in [0.2, 0.25) is 0 Å². The van der Waals surface area contributed by atoms with Crippen molar-refractivity contribution in [1.82, 2.24) is 0 Å². The van der Waals surface area contributed by atoms with E-state index in [2.05, 4.69) is 32.0 Å². The molecule has 3 N–H and O–H groups in total. The minimum atomic E-state index is -0.507. The summed E-state index contributed by atoms with van der Waals surface area (Å²) in [5.74, 6) is 1.33. The molecule has 21 heavy (non-hydrogen) atoms. The lowest BCUT2D eigenvalue weighted by Crippen LogP contribution is -2.20. The van der Waals surface area contributed by atoms with E-state index in [9.17, 15) is 5.11 Å². The Balaban J connectivity index is 1.80. The largest absolute Gasteiger partial charge is 0.491 e. The van der Waals surface area contributed by atoms with Gasteiger partial charge in [-0.05, 0) is 49.7 Å². The zero-order valence-corrected chi connectivity index (χ0v) is 13.2. The molecule has 0 saturated heterocycles. The van der Waals surface area contributed by atoms with E-state index in [1.54, 1.807) is 36.0 Å². The molecule has 0 aromatic heterocycles. The lowest BCUT2D eigenvalue weighted by molar-refractivity contribution is 0.126. The number of hydrogen-bond acceptors (Lipinski definition) is 4. The van der Waals surface area contributed by atoms with Crippen LogP contribution in [0.1, 0.15) is 11.1 Å². The highest BCUT2D eigenvalue weighted by Crippen LogP contribution is 2.24. The second kappa shape index (κ2) is 7.38. The fraction of sp³-hybridized carbons (Fsp3) is 0.294. The SMILES string of the molecule is Cc1ccc(C)c(SCC(O)COc2ccc(N)cc2)c1. The van der Waals surface area contributed by atoms with Crippen molar-refractivity contribution >= 4 is 17.4 Å². The third kappa shape index (κ3) is 4.99. The Labute approximate surface area is 130 Å². The molecule has 0 aliphatic heterocycles. The van der Waals surface area contributed by atoms with Gasteiger partial charge in [-0.3, -0.25) is 0 Å². The molecule has 112 valence electrons. The van der Waals surface area contributed by atoms with Crippen molar-refractivity contribution in [3.8, 4) is 5.75 Å². The standard InChI is InChI=1S/C17H21NO2S/c1-12-3-4-13(2)17(9-12)21-11-15(19)10-20-16-7-5-14(18)6-8-16/h3-9,15,19H,10-11,18H2,1-2H3. The quantitative estimate of drug-likeness (QED) is 0.634. The Kier molecular flexibility index (Phi) is 5.53. The smallest absolute Gasteiger partial charge is 0.119 e. The Morgan fingerprint density at radius 1 is 1.14 bits per heavy atom. The average Bonchev–Trinajstić information content (AvgIpc) is 2.47. The van der Waals surface area contributed by atoms with E-state index in [0.717, 1.165) is 5.75 Å². The molecule has 1 atom stereocenters. The molecule has 2 aromatic carbocycles. The number of anilines is 1. The third-order valence-corrected chi connectivity index (χ3v) is 4.40. The van der Waals surface area contributed by atoms with Crippen molar-refractivity contribution in [2.24, 2.45) is 0 Å². The minimum Gasteiger partial charge on any atom is -0.491 e. The summed E-state index contributed by atoms with van der Waals surface area (Å²) in [6.07, 6.45) is -0.507. The molecule has 0 amide bonds. The molecule has 2 rings (SSSR count). The Hall–Kier alpha value is -1.65. The number of thioether (sulfide) groups is 1. The van der Waals surface area contributed by atoms with Crippen LogP contribution < -0.4 is 10.5 Å². The Morgan fingerprint density at radius 2 is 1.86 bits per heavy atom. The molecule has 0 saturated carbocycles. The molecule has 0 aliphatic carbocycles. The fourth-order valence-corrected chi connectivity index (χ4v) is 2.89. The van der Waals surface area contributed by atoms with Gasteiger partial charge in [0.15, 0.2) is 0 Å². The molecular formula is C17H21NO2S. The second-order valence-corrected chi connectivity index (χ2v) is 6.18. The van der Waals surface area contributed by atoms with Crippen LogP contribution >= 0.6 is 11.8 Å². The monoisotopic (exact) mass is 303 g/mol. The number of hydrogen-bond donors (Lipinski definition) is 2. The first-order valence-corrected chi connectivity index (χ1v) is 7.89. The molecule has 0 radical (unpaired) electrons. The maximum atomic E-state index is 10.0. The summed E-state index contributed by atoms with van der Waals surface area (Å²) < 4.78 is 5.55. The van der Waals surface area contributed by atoms with Gasteiger partial charge in [0.05, 0.1) is 6.10 Å². The Bertz CT molecular complexity index is 584. The summed E-state index contributed by atoms with van der Waals surface area (Å²) >= 11 is 1.66. The first-order valence-electron chi connectivity index (χ1n) is 6.91. The summed E-state index contributed by atoms with van der Waals surface area (Å²) in [7, 11) is 0. The van der Waals surface area contributed by atoms with Gasteiger partial charge < -0.3 is 15.6 Å². The van der Waals surface area contributed by atoms with Gasteiger partial charge in [-0.2, -0.15) is 0 Å². The summed E-state index contributed by atoms with van der Waals surface area (Å²) in [5, 5.41) is 10.0. The maximum absolute atomic E-state index is 10.0. The van der Waals surface area contributed by atoms with Crippen LogP contribution in [0.3, 0.4) is 0 Å². The van der Waals surface area contributed by atoms with Gasteiger partial charge in [0.1, 0.15) is 12.4 Å². The number of nitrogens with two attached hydrogens (primary N) is 1. The van der Waals surface area contributed by atoms with Crippen LogP contribution in [0.2, 0.25) is 0 Å². The van der Waals surface area contributed by atoms with Gasteiger partial charge >= 0.3 is 0 Å². The van der Waals surface area contributed by atoms with E-state index in [1.807, 2.05) is 0 Å². The highest BCUT2D eigenvalue weighted by molar-refractivity contribution is 7.99. The number of rotatable bonds is 6. The van der Waals surface area contributed by atoms with E-state index in [1.165, 1.54) is 16.0 Å². The molecule has 0 spiro atoms. The Morgan fingerprint density at radius 3 is 2.57 bits per heavy atom. The van der Waals surface area contributed by atoms with Crippen LogP contribution in [0.25, 0.3) is 0 Å². The second-order valence-electron chi connectivity index (χ2n) is 5.11. The zero-order valence-electron chi connectivity index (χ0n) is 12.4. The molecule has 0 fully saturated rings. The van der Waals surface area contributed by atoms with Gasteiger partial charge in [-0.15, -0.1) is 11.8 Å². The lowest BCUT2D eigenvalue weighted by atomic mass is 10.2. The third-order valence-electron chi connectivity index (χ3n) is 3.10. The summed E-state index contributed by atoms with van der Waals surface area (Å²) in [6, 6.07) is 13.5. The highest BCUT2D eigenvalue weighted by atomic mass is 32.2. The van der Waals surface area contributed by atoms with Gasteiger partial charge in [-0.25, -0.2) is 0 Å². The topological polar surface area (TPSA) is 55.5 Å². The number of benzene rings is 2. The van der Waals surface area contributed by atoms with Crippen LogP contribution in [0.5, 0.6) is 5.75 Å². The summed E-state index contributed by atoms with van der Waals surface area (Å²) in [4.78, 5) is 1.21. The van der Waals surface area contributed by atoms with Gasteiger partial charge in [-0.1, -0.05) is 17.7 Å². The van der Waals surface area contributed by atoms with Crippen molar-refractivity contribution in [3.63, 3.8) is 0 Å². The zero-order chi connectivity index (χ0) is 15.2. The van der Waals surface area contributed by atoms with Crippen LogP contribution in [0.15, 0.2) is 47.4 Å². The maximum Gasteiger partial charge on any atom is 0.119 e. The molecular weight excluding hydrogens is 282 g/mol. The summed E-state index contributed by atoms with van der Waals surface area (Å²) in [5.41, 5.74) is 8.78. The average molecular weight is 303 g/mol. The predicted octanol–water partition coefficient (Wildman–Crippen LogP) is 3.42. The van der Waals surface area contributed by atoms with Gasteiger partial charge in [0.25, 0.3) is 0 Å². The van der Waals surface area contributed by atoms with Crippen molar-refractivity contribution in [2.45, 2.75) is 24.8 Å². The van der Waals surface area contributed by atoms with Crippen LogP contribution in [-0.2, 0) is 0 Å². The molecule has 0 bridgehead atoms. The minimum absolute atomic E-state index is 0.280. The molecule has 0 heterocycles. The molecule has 4 heteroatoms. The van der Waals surface area contributed by atoms with Gasteiger partial charge in [0, 0.05) is 16.3 Å². The molecule has 2 aromatic rings. The molecule has 1 unspecified atom stereocenters. The van der Waals surface area contributed by atoms with Crippen molar-refractivity contribution in [1.29, 1.82) is 0 Å². The molecule has 3 nitrogen and oxygen atoms in total. The normalized spacial score (nSPS) is 12.1. The first-order chi connectivity index (χ1) is 10.0.